The Hall–Kier alpha value is -2.87. The van der Waals surface area contributed by atoms with Crippen molar-refractivity contribution in [1.82, 2.24) is 24.6 Å². The van der Waals surface area contributed by atoms with Crippen LogP contribution in [0, 0.1) is 19.8 Å². The van der Waals surface area contributed by atoms with Gasteiger partial charge in [0.2, 0.25) is 0 Å². The van der Waals surface area contributed by atoms with Gasteiger partial charge in [0.15, 0.2) is 0 Å². The van der Waals surface area contributed by atoms with E-state index in [-0.39, 0.29) is 17.4 Å². The molecule has 3 aromatic heterocycles. The van der Waals surface area contributed by atoms with E-state index in [2.05, 4.69) is 15.1 Å². The van der Waals surface area contributed by atoms with Gasteiger partial charge in [-0.05, 0) is 32.0 Å². The monoisotopic (exact) mass is 381 g/mol. The van der Waals surface area contributed by atoms with Crippen LogP contribution in [-0.2, 0) is 6.54 Å². The molecular weight excluding hydrogens is 362 g/mol. The molecule has 8 heteroatoms. The lowest BCUT2D eigenvalue weighted by Crippen LogP contribution is -2.52. The third-order valence-corrected chi connectivity index (χ3v) is 5.66. The molecule has 1 amide bonds. The zero-order chi connectivity index (χ0) is 19.0. The van der Waals surface area contributed by atoms with Gasteiger partial charge < -0.3 is 4.90 Å². The third-order valence-electron chi connectivity index (χ3n) is 4.60. The molecule has 3 aromatic rings. The molecule has 27 heavy (non-hydrogen) atoms. The van der Waals surface area contributed by atoms with Crippen molar-refractivity contribution in [1.29, 1.82) is 0 Å². The van der Waals surface area contributed by atoms with E-state index in [1.807, 2.05) is 26.0 Å². The molecule has 0 radical (unpaired) electrons. The number of nitrogens with zero attached hydrogens (tertiary/aromatic N) is 5. The lowest BCUT2D eigenvalue weighted by atomic mass is 10.00. The Morgan fingerprint density at radius 1 is 1.26 bits per heavy atom. The van der Waals surface area contributed by atoms with Crippen molar-refractivity contribution in [2.75, 3.05) is 13.1 Å². The Labute approximate surface area is 160 Å². The van der Waals surface area contributed by atoms with Crippen molar-refractivity contribution < 1.29 is 4.79 Å². The Morgan fingerprint density at radius 3 is 2.74 bits per heavy atom. The Kier molecular flexibility index (Phi) is 4.57. The number of aromatic nitrogens is 4. The molecule has 0 N–H and O–H groups in total. The quantitative estimate of drug-likeness (QED) is 0.692. The summed E-state index contributed by atoms with van der Waals surface area (Å²) in [6.07, 6.45) is 3.42. The van der Waals surface area contributed by atoms with E-state index in [1.54, 1.807) is 23.4 Å². The molecule has 0 bridgehead atoms. The summed E-state index contributed by atoms with van der Waals surface area (Å²) in [6, 6.07) is 6.99. The zero-order valence-electron chi connectivity index (χ0n) is 15.1. The predicted octanol–water partition coefficient (Wildman–Crippen LogP) is 2.15. The molecule has 0 saturated carbocycles. The molecule has 1 fully saturated rings. The molecule has 138 valence electrons. The fourth-order valence-corrected chi connectivity index (χ4v) is 4.10. The zero-order valence-corrected chi connectivity index (χ0v) is 15.9. The first-order valence-corrected chi connectivity index (χ1v) is 9.55. The van der Waals surface area contributed by atoms with E-state index in [4.69, 9.17) is 0 Å². The van der Waals surface area contributed by atoms with Gasteiger partial charge in [-0.3, -0.25) is 14.6 Å². The Balaban J connectivity index is 1.44. The maximum Gasteiger partial charge on any atom is 0.266 e. The van der Waals surface area contributed by atoms with Crippen LogP contribution in [0.1, 0.15) is 20.4 Å². The van der Waals surface area contributed by atoms with Crippen LogP contribution in [0.25, 0.3) is 11.3 Å². The van der Waals surface area contributed by atoms with Gasteiger partial charge in [0.05, 0.1) is 22.9 Å². The number of hydrogen-bond acceptors (Lipinski definition) is 6. The van der Waals surface area contributed by atoms with Crippen LogP contribution in [-0.4, -0.2) is 43.6 Å². The standard InChI is InChI=1S/C19H19N5O2S/c1-12-18(27-13(2)21-12)19(26)23-9-14(10-23)11-24-17(25)6-5-16(22-24)15-4-3-7-20-8-15/h3-8,14H,9-11H2,1-2H3. The molecule has 0 aromatic carbocycles. The predicted molar refractivity (Wildman–Crippen MR) is 103 cm³/mol. The van der Waals surface area contributed by atoms with E-state index in [0.29, 0.717) is 30.2 Å². The Morgan fingerprint density at radius 2 is 2.07 bits per heavy atom. The Bertz CT molecular complexity index is 1040. The number of hydrogen-bond donors (Lipinski definition) is 0. The maximum atomic E-state index is 12.6. The average molecular weight is 381 g/mol. The fraction of sp³-hybridized carbons (Fsp3) is 0.316. The molecule has 7 nitrogen and oxygen atoms in total. The summed E-state index contributed by atoms with van der Waals surface area (Å²) in [5, 5.41) is 5.36. The van der Waals surface area contributed by atoms with Gasteiger partial charge in [0.1, 0.15) is 4.88 Å². The highest BCUT2D eigenvalue weighted by molar-refractivity contribution is 7.13. The number of rotatable bonds is 4. The third kappa shape index (κ3) is 3.52. The van der Waals surface area contributed by atoms with Gasteiger partial charge in [-0.1, -0.05) is 0 Å². The molecule has 4 rings (SSSR count). The van der Waals surface area contributed by atoms with Gasteiger partial charge in [0, 0.05) is 43.0 Å². The van der Waals surface area contributed by atoms with Gasteiger partial charge >= 0.3 is 0 Å². The first-order valence-electron chi connectivity index (χ1n) is 8.73. The van der Waals surface area contributed by atoms with Crippen LogP contribution in [0.5, 0.6) is 0 Å². The summed E-state index contributed by atoms with van der Waals surface area (Å²) in [5.74, 6) is 0.247. The number of carbonyl (C=O) groups excluding carboxylic acids is 1. The van der Waals surface area contributed by atoms with Crippen LogP contribution in [0.4, 0.5) is 0 Å². The number of thiazole rings is 1. The smallest absolute Gasteiger partial charge is 0.266 e. The van der Waals surface area contributed by atoms with E-state index < -0.39 is 0 Å². The highest BCUT2D eigenvalue weighted by Crippen LogP contribution is 2.25. The highest BCUT2D eigenvalue weighted by atomic mass is 32.1. The van der Waals surface area contributed by atoms with E-state index >= 15 is 0 Å². The molecule has 0 atom stereocenters. The van der Waals surface area contributed by atoms with E-state index in [1.165, 1.54) is 22.1 Å². The summed E-state index contributed by atoms with van der Waals surface area (Å²) < 4.78 is 1.48. The second-order valence-corrected chi connectivity index (χ2v) is 7.91. The SMILES string of the molecule is Cc1nc(C)c(C(=O)N2CC(Cn3nc(-c4cccnc4)ccc3=O)C2)s1. The molecule has 1 aliphatic heterocycles. The number of aryl methyl sites for hydroxylation is 2. The number of likely N-dealkylation sites (tertiary alicyclic amines) is 1. The molecule has 0 aliphatic carbocycles. The van der Waals surface area contributed by atoms with E-state index in [9.17, 15) is 9.59 Å². The normalized spacial score (nSPS) is 14.2. The summed E-state index contributed by atoms with van der Waals surface area (Å²) in [6.45, 7) is 5.51. The fourth-order valence-electron chi connectivity index (χ4n) is 3.22. The lowest BCUT2D eigenvalue weighted by molar-refractivity contribution is 0.0462. The molecule has 4 heterocycles. The first kappa shape index (κ1) is 17.5. The first-order chi connectivity index (χ1) is 13.0. The van der Waals surface area contributed by atoms with Crippen LogP contribution in [0.15, 0.2) is 41.5 Å². The van der Waals surface area contributed by atoms with Gasteiger partial charge in [0.25, 0.3) is 11.5 Å². The average Bonchev–Trinajstić information content (AvgIpc) is 2.97. The highest BCUT2D eigenvalue weighted by Gasteiger charge is 2.33. The second-order valence-electron chi connectivity index (χ2n) is 6.70. The maximum absolute atomic E-state index is 12.6. The second kappa shape index (κ2) is 7.03. The van der Waals surface area contributed by atoms with Gasteiger partial charge in [-0.15, -0.1) is 11.3 Å². The summed E-state index contributed by atoms with van der Waals surface area (Å²) in [7, 11) is 0. The minimum atomic E-state index is -0.138. The van der Waals surface area contributed by atoms with Crippen molar-refractivity contribution in [3.8, 4) is 11.3 Å². The van der Waals surface area contributed by atoms with Crippen molar-refractivity contribution in [3.05, 3.63) is 62.6 Å². The van der Waals surface area contributed by atoms with Gasteiger partial charge in [-0.2, -0.15) is 5.10 Å². The molecule has 1 saturated heterocycles. The largest absolute Gasteiger partial charge is 0.337 e. The van der Waals surface area contributed by atoms with Crippen LogP contribution in [0.3, 0.4) is 0 Å². The molecule has 0 unspecified atom stereocenters. The van der Waals surface area contributed by atoms with Gasteiger partial charge in [-0.25, -0.2) is 9.67 Å². The molecule has 0 spiro atoms. The summed E-state index contributed by atoms with van der Waals surface area (Å²) >= 11 is 1.43. The van der Waals surface area contributed by atoms with Crippen molar-refractivity contribution in [2.24, 2.45) is 5.92 Å². The molecule has 1 aliphatic rings. The summed E-state index contributed by atoms with van der Waals surface area (Å²) in [4.78, 5) is 35.7. The van der Waals surface area contributed by atoms with Crippen LogP contribution < -0.4 is 5.56 Å². The van der Waals surface area contributed by atoms with Crippen LogP contribution >= 0.6 is 11.3 Å². The number of amides is 1. The summed E-state index contributed by atoms with van der Waals surface area (Å²) in [5.41, 5.74) is 2.23. The van der Waals surface area contributed by atoms with Crippen molar-refractivity contribution >= 4 is 17.2 Å². The minimum Gasteiger partial charge on any atom is -0.337 e. The number of carbonyl (C=O) groups is 1. The van der Waals surface area contributed by atoms with E-state index in [0.717, 1.165) is 16.3 Å². The van der Waals surface area contributed by atoms with Crippen molar-refractivity contribution in [3.63, 3.8) is 0 Å². The van der Waals surface area contributed by atoms with Crippen molar-refractivity contribution in [2.45, 2.75) is 20.4 Å². The minimum absolute atomic E-state index is 0.0266. The number of pyridine rings is 1. The van der Waals surface area contributed by atoms with Crippen LogP contribution in [0.2, 0.25) is 0 Å². The lowest BCUT2D eigenvalue weighted by Gasteiger charge is -2.39. The molecular formula is C19H19N5O2S. The topological polar surface area (TPSA) is 81.0 Å².